The van der Waals surface area contributed by atoms with Crippen molar-refractivity contribution in [1.29, 1.82) is 0 Å². The number of hydrogen-bond donors (Lipinski definition) is 2. The van der Waals surface area contributed by atoms with E-state index < -0.39 is 0 Å². The van der Waals surface area contributed by atoms with Crippen LogP contribution in [0.3, 0.4) is 0 Å². The SMILES string of the molecule is CN=C(NCCc1cccc(F)c1)NCc1ccc(OCCOC)nc1. The van der Waals surface area contributed by atoms with Gasteiger partial charge in [-0.2, -0.15) is 0 Å². The molecule has 0 bridgehead atoms. The molecule has 0 unspecified atom stereocenters. The molecule has 0 fully saturated rings. The lowest BCUT2D eigenvalue weighted by Crippen LogP contribution is -2.37. The highest BCUT2D eigenvalue weighted by molar-refractivity contribution is 5.79. The Hall–Kier alpha value is -2.67. The summed E-state index contributed by atoms with van der Waals surface area (Å²) in [6.45, 7) is 2.25. The maximum atomic E-state index is 13.2. The number of aromatic nitrogens is 1. The van der Waals surface area contributed by atoms with Gasteiger partial charge in [-0.05, 0) is 29.7 Å². The standard InChI is InChI=1S/C19H25FN4O2/c1-21-19(22-9-8-15-4-3-5-17(20)12-15)24-14-16-6-7-18(23-13-16)26-11-10-25-2/h3-7,12-13H,8-11,14H2,1-2H3,(H2,21,22,24). The van der Waals surface area contributed by atoms with Crippen molar-refractivity contribution in [2.24, 2.45) is 4.99 Å². The van der Waals surface area contributed by atoms with Crippen molar-refractivity contribution in [2.45, 2.75) is 13.0 Å². The van der Waals surface area contributed by atoms with Crippen molar-refractivity contribution in [3.05, 3.63) is 59.5 Å². The van der Waals surface area contributed by atoms with Crippen LogP contribution in [0, 0.1) is 5.82 Å². The first-order valence-corrected chi connectivity index (χ1v) is 8.47. The molecule has 1 aromatic heterocycles. The van der Waals surface area contributed by atoms with Gasteiger partial charge in [0, 0.05) is 39.5 Å². The smallest absolute Gasteiger partial charge is 0.213 e. The zero-order valence-electron chi connectivity index (χ0n) is 15.2. The number of methoxy groups -OCH3 is 1. The highest BCUT2D eigenvalue weighted by Crippen LogP contribution is 2.07. The van der Waals surface area contributed by atoms with Crippen LogP contribution < -0.4 is 15.4 Å². The van der Waals surface area contributed by atoms with Crippen molar-refractivity contribution in [3.8, 4) is 5.88 Å². The van der Waals surface area contributed by atoms with Crippen LogP contribution in [0.1, 0.15) is 11.1 Å². The topological polar surface area (TPSA) is 67.8 Å². The quantitative estimate of drug-likeness (QED) is 0.407. The Morgan fingerprint density at radius 3 is 2.73 bits per heavy atom. The summed E-state index contributed by atoms with van der Waals surface area (Å²) in [5.41, 5.74) is 1.96. The van der Waals surface area contributed by atoms with Crippen molar-refractivity contribution >= 4 is 5.96 Å². The van der Waals surface area contributed by atoms with Gasteiger partial charge in [-0.1, -0.05) is 18.2 Å². The minimum Gasteiger partial charge on any atom is -0.475 e. The zero-order chi connectivity index (χ0) is 18.6. The Kier molecular flexibility index (Phi) is 8.35. The molecule has 0 amide bonds. The van der Waals surface area contributed by atoms with Gasteiger partial charge < -0.3 is 20.1 Å². The Balaban J connectivity index is 1.72. The molecule has 2 N–H and O–H groups in total. The molecular formula is C19H25FN4O2. The van der Waals surface area contributed by atoms with Crippen LogP contribution >= 0.6 is 0 Å². The molecule has 2 rings (SSSR count). The monoisotopic (exact) mass is 360 g/mol. The summed E-state index contributed by atoms with van der Waals surface area (Å²) in [6, 6.07) is 10.4. The summed E-state index contributed by atoms with van der Waals surface area (Å²) >= 11 is 0. The minimum absolute atomic E-state index is 0.216. The maximum Gasteiger partial charge on any atom is 0.213 e. The fourth-order valence-electron chi connectivity index (χ4n) is 2.25. The van der Waals surface area contributed by atoms with E-state index in [2.05, 4.69) is 20.6 Å². The third-order valence-corrected chi connectivity index (χ3v) is 3.61. The first-order valence-electron chi connectivity index (χ1n) is 8.47. The van der Waals surface area contributed by atoms with Crippen LogP contribution in [0.4, 0.5) is 4.39 Å². The third-order valence-electron chi connectivity index (χ3n) is 3.61. The van der Waals surface area contributed by atoms with Gasteiger partial charge in [-0.25, -0.2) is 9.37 Å². The van der Waals surface area contributed by atoms with E-state index in [1.165, 1.54) is 6.07 Å². The average Bonchev–Trinajstić information content (AvgIpc) is 2.66. The lowest BCUT2D eigenvalue weighted by atomic mass is 10.1. The van der Waals surface area contributed by atoms with Crippen LogP contribution in [0.25, 0.3) is 0 Å². The summed E-state index contributed by atoms with van der Waals surface area (Å²) in [7, 11) is 3.34. The summed E-state index contributed by atoms with van der Waals surface area (Å²) in [5.74, 6) is 1.04. The summed E-state index contributed by atoms with van der Waals surface area (Å²) < 4.78 is 23.5. The third kappa shape index (κ3) is 7.06. The summed E-state index contributed by atoms with van der Waals surface area (Å²) in [5, 5.41) is 6.43. The fraction of sp³-hybridized carbons (Fsp3) is 0.368. The number of nitrogens with one attached hydrogen (secondary N) is 2. The Morgan fingerprint density at radius 2 is 2.04 bits per heavy atom. The first kappa shape index (κ1) is 19.7. The number of pyridine rings is 1. The molecular weight excluding hydrogens is 335 g/mol. The normalized spacial score (nSPS) is 11.3. The van der Waals surface area contributed by atoms with E-state index in [9.17, 15) is 4.39 Å². The van der Waals surface area contributed by atoms with E-state index in [4.69, 9.17) is 9.47 Å². The Morgan fingerprint density at radius 1 is 1.15 bits per heavy atom. The molecule has 0 radical (unpaired) electrons. The van der Waals surface area contributed by atoms with Gasteiger partial charge in [0.2, 0.25) is 5.88 Å². The second-order valence-corrected chi connectivity index (χ2v) is 5.58. The van der Waals surface area contributed by atoms with E-state index in [1.807, 2.05) is 18.2 Å². The predicted octanol–water partition coefficient (Wildman–Crippen LogP) is 2.15. The molecule has 6 nitrogen and oxygen atoms in total. The average molecular weight is 360 g/mol. The van der Waals surface area contributed by atoms with Crippen LogP contribution in [0.2, 0.25) is 0 Å². The van der Waals surface area contributed by atoms with Gasteiger partial charge in [0.05, 0.1) is 6.61 Å². The van der Waals surface area contributed by atoms with Gasteiger partial charge in [0.25, 0.3) is 0 Å². The Labute approximate surface area is 153 Å². The molecule has 140 valence electrons. The van der Waals surface area contributed by atoms with Gasteiger partial charge in [0.1, 0.15) is 12.4 Å². The van der Waals surface area contributed by atoms with Crippen molar-refractivity contribution in [2.75, 3.05) is 33.9 Å². The fourth-order valence-corrected chi connectivity index (χ4v) is 2.25. The predicted molar refractivity (Wildman–Crippen MR) is 99.9 cm³/mol. The summed E-state index contributed by atoms with van der Waals surface area (Å²) in [6.07, 6.45) is 2.47. The van der Waals surface area contributed by atoms with E-state index in [-0.39, 0.29) is 5.82 Å². The van der Waals surface area contributed by atoms with Gasteiger partial charge in [-0.15, -0.1) is 0 Å². The first-order chi connectivity index (χ1) is 12.7. The number of ether oxygens (including phenoxy) is 2. The van der Waals surface area contributed by atoms with Crippen LogP contribution in [0.15, 0.2) is 47.6 Å². The van der Waals surface area contributed by atoms with Crippen LogP contribution in [-0.4, -0.2) is 44.9 Å². The van der Waals surface area contributed by atoms with Crippen LogP contribution in [0.5, 0.6) is 5.88 Å². The second-order valence-electron chi connectivity index (χ2n) is 5.58. The number of aliphatic imine (C=N–C) groups is 1. The van der Waals surface area contributed by atoms with Crippen molar-refractivity contribution < 1.29 is 13.9 Å². The molecule has 0 saturated carbocycles. The molecule has 0 aliphatic carbocycles. The van der Waals surface area contributed by atoms with E-state index >= 15 is 0 Å². The molecule has 0 spiro atoms. The van der Waals surface area contributed by atoms with Crippen molar-refractivity contribution in [1.82, 2.24) is 15.6 Å². The number of halogens is 1. The molecule has 0 atom stereocenters. The number of benzene rings is 1. The van der Waals surface area contributed by atoms with Crippen LogP contribution in [-0.2, 0) is 17.7 Å². The molecule has 1 heterocycles. The van der Waals surface area contributed by atoms with E-state index in [0.717, 1.165) is 11.1 Å². The highest BCUT2D eigenvalue weighted by atomic mass is 19.1. The summed E-state index contributed by atoms with van der Waals surface area (Å²) in [4.78, 5) is 8.43. The van der Waals surface area contributed by atoms with E-state index in [0.29, 0.717) is 44.6 Å². The van der Waals surface area contributed by atoms with Gasteiger partial charge in [0.15, 0.2) is 5.96 Å². The number of guanidine groups is 1. The molecule has 0 aliphatic rings. The molecule has 0 saturated heterocycles. The molecule has 2 aromatic rings. The van der Waals surface area contributed by atoms with E-state index in [1.54, 1.807) is 32.5 Å². The second kappa shape index (κ2) is 11.0. The minimum atomic E-state index is -0.216. The zero-order valence-corrected chi connectivity index (χ0v) is 15.2. The number of hydrogen-bond acceptors (Lipinski definition) is 4. The Bertz CT molecular complexity index is 692. The number of rotatable bonds is 9. The lowest BCUT2D eigenvalue weighted by Gasteiger charge is -2.12. The lowest BCUT2D eigenvalue weighted by molar-refractivity contribution is 0.143. The highest BCUT2D eigenvalue weighted by Gasteiger charge is 2.01. The molecule has 0 aliphatic heterocycles. The largest absolute Gasteiger partial charge is 0.475 e. The van der Waals surface area contributed by atoms with Gasteiger partial charge in [-0.3, -0.25) is 4.99 Å². The maximum absolute atomic E-state index is 13.2. The van der Waals surface area contributed by atoms with Crippen molar-refractivity contribution in [3.63, 3.8) is 0 Å². The molecule has 26 heavy (non-hydrogen) atoms. The number of nitrogens with zero attached hydrogens (tertiary/aromatic N) is 2. The molecule has 7 heteroatoms. The molecule has 1 aromatic carbocycles. The van der Waals surface area contributed by atoms with Gasteiger partial charge >= 0.3 is 0 Å².